The van der Waals surface area contributed by atoms with Crippen molar-refractivity contribution in [3.05, 3.63) is 48.0 Å². The lowest BCUT2D eigenvalue weighted by Crippen LogP contribution is -2.29. The Morgan fingerprint density at radius 2 is 1.79 bits per heavy atom. The number of Topliss-reactive ketones (excluding diaryl/α,β-unsaturated/α-hetero) is 1. The Morgan fingerprint density at radius 1 is 1.10 bits per heavy atom. The fraction of sp³-hybridized carbons (Fsp3) is 0.640. The molecule has 0 aliphatic heterocycles. The predicted octanol–water partition coefficient (Wildman–Crippen LogP) is 4.21. The highest BCUT2D eigenvalue weighted by atomic mass is 16.3. The molecule has 1 aromatic carbocycles. The standard InChI is InChI=1S/C25H38O4/c1-19(26)10-6-3-4-9-13-21-22(24(28)18-23(21)27)15-17-25(2,29)16-14-20-11-7-5-8-12-20/h4-5,7-9,11-12,21-24,27-29H,3,6,10,13-18H2,1-2H3/b9-4-/t21-,22-,23+,24-,25-/m1/s1. The lowest BCUT2D eigenvalue weighted by molar-refractivity contribution is -0.117. The minimum atomic E-state index is -0.782. The van der Waals surface area contributed by atoms with E-state index in [1.165, 1.54) is 5.56 Å². The summed E-state index contributed by atoms with van der Waals surface area (Å²) >= 11 is 0. The number of rotatable bonds is 12. The van der Waals surface area contributed by atoms with Crippen molar-refractivity contribution in [1.82, 2.24) is 0 Å². The Bertz CT molecular complexity index is 637. The van der Waals surface area contributed by atoms with E-state index in [4.69, 9.17) is 0 Å². The second kappa shape index (κ2) is 11.6. The van der Waals surface area contributed by atoms with E-state index in [1.807, 2.05) is 25.1 Å². The number of hydrogen-bond donors (Lipinski definition) is 3. The fourth-order valence-corrected chi connectivity index (χ4v) is 4.41. The number of unbranched alkanes of at least 4 members (excludes halogenated alkanes) is 1. The summed E-state index contributed by atoms with van der Waals surface area (Å²) in [5, 5.41) is 31.6. The van der Waals surface area contributed by atoms with Crippen LogP contribution in [-0.2, 0) is 11.2 Å². The normalized spacial score (nSPS) is 26.7. The van der Waals surface area contributed by atoms with Gasteiger partial charge in [-0.15, -0.1) is 0 Å². The van der Waals surface area contributed by atoms with Crippen molar-refractivity contribution in [2.45, 2.75) is 89.4 Å². The highest BCUT2D eigenvalue weighted by molar-refractivity contribution is 5.75. The van der Waals surface area contributed by atoms with Gasteiger partial charge in [-0.3, -0.25) is 0 Å². The van der Waals surface area contributed by atoms with Crippen LogP contribution in [0.2, 0.25) is 0 Å². The van der Waals surface area contributed by atoms with Crippen LogP contribution in [0.5, 0.6) is 0 Å². The largest absolute Gasteiger partial charge is 0.393 e. The van der Waals surface area contributed by atoms with Crippen molar-refractivity contribution in [2.24, 2.45) is 11.8 Å². The molecular formula is C25H38O4. The van der Waals surface area contributed by atoms with Gasteiger partial charge in [-0.05, 0) is 82.6 Å². The van der Waals surface area contributed by atoms with Crippen LogP contribution in [-0.4, -0.2) is 38.9 Å². The Labute approximate surface area is 175 Å². The van der Waals surface area contributed by atoms with E-state index in [2.05, 4.69) is 24.3 Å². The number of allylic oxidation sites excluding steroid dienone is 2. The number of carbonyl (C=O) groups is 1. The van der Waals surface area contributed by atoms with Crippen LogP contribution < -0.4 is 0 Å². The van der Waals surface area contributed by atoms with Gasteiger partial charge < -0.3 is 20.1 Å². The van der Waals surface area contributed by atoms with Gasteiger partial charge in [-0.25, -0.2) is 0 Å². The van der Waals surface area contributed by atoms with Crippen LogP contribution in [0.4, 0.5) is 0 Å². The molecule has 0 aromatic heterocycles. The van der Waals surface area contributed by atoms with Gasteiger partial charge in [0.15, 0.2) is 0 Å². The molecule has 1 aliphatic rings. The molecule has 1 saturated carbocycles. The molecule has 0 spiro atoms. The van der Waals surface area contributed by atoms with E-state index in [-0.39, 0.29) is 17.6 Å². The van der Waals surface area contributed by atoms with Crippen LogP contribution in [0, 0.1) is 11.8 Å². The lowest BCUT2D eigenvalue weighted by Gasteiger charge is -2.28. The first-order chi connectivity index (χ1) is 13.8. The molecule has 2 rings (SSSR count). The van der Waals surface area contributed by atoms with Crippen molar-refractivity contribution >= 4 is 5.78 Å². The van der Waals surface area contributed by atoms with E-state index < -0.39 is 17.8 Å². The van der Waals surface area contributed by atoms with Crippen molar-refractivity contribution < 1.29 is 20.1 Å². The number of aliphatic hydroxyl groups excluding tert-OH is 2. The second-order valence-electron chi connectivity index (χ2n) is 9.02. The van der Waals surface area contributed by atoms with Crippen molar-refractivity contribution in [1.29, 1.82) is 0 Å². The molecule has 0 unspecified atom stereocenters. The lowest BCUT2D eigenvalue weighted by atomic mass is 9.82. The number of carbonyl (C=O) groups excluding carboxylic acids is 1. The summed E-state index contributed by atoms with van der Waals surface area (Å²) in [7, 11) is 0. The van der Waals surface area contributed by atoms with Crippen molar-refractivity contribution in [2.75, 3.05) is 0 Å². The van der Waals surface area contributed by atoms with E-state index in [0.29, 0.717) is 32.1 Å². The zero-order valence-electron chi connectivity index (χ0n) is 18.0. The number of ketones is 1. The average Bonchev–Trinajstić information content (AvgIpc) is 2.94. The quantitative estimate of drug-likeness (QED) is 0.361. The summed E-state index contributed by atoms with van der Waals surface area (Å²) < 4.78 is 0. The molecule has 0 heterocycles. The van der Waals surface area contributed by atoms with Crippen LogP contribution >= 0.6 is 0 Å². The maximum Gasteiger partial charge on any atom is 0.129 e. The predicted molar refractivity (Wildman–Crippen MR) is 117 cm³/mol. The molecule has 4 heteroatoms. The molecule has 1 aliphatic carbocycles. The summed E-state index contributed by atoms with van der Waals surface area (Å²) in [5.74, 6) is 0.251. The highest BCUT2D eigenvalue weighted by Gasteiger charge is 2.41. The third-order valence-electron chi connectivity index (χ3n) is 6.31. The average molecular weight is 403 g/mol. The van der Waals surface area contributed by atoms with Crippen LogP contribution in [0.3, 0.4) is 0 Å². The number of benzene rings is 1. The van der Waals surface area contributed by atoms with Gasteiger partial charge in [0.1, 0.15) is 5.78 Å². The van der Waals surface area contributed by atoms with Crippen LogP contribution in [0.25, 0.3) is 0 Å². The molecular weight excluding hydrogens is 364 g/mol. The fourth-order valence-electron chi connectivity index (χ4n) is 4.41. The van der Waals surface area contributed by atoms with Gasteiger partial charge in [-0.1, -0.05) is 42.5 Å². The van der Waals surface area contributed by atoms with E-state index in [1.54, 1.807) is 6.92 Å². The number of hydrogen-bond acceptors (Lipinski definition) is 4. The Kier molecular flexibility index (Phi) is 9.54. The molecule has 3 N–H and O–H groups in total. The summed E-state index contributed by atoms with van der Waals surface area (Å²) in [6, 6.07) is 10.2. The first kappa shape index (κ1) is 23.8. The molecule has 0 amide bonds. The molecule has 5 atom stereocenters. The topological polar surface area (TPSA) is 77.8 Å². The molecule has 0 radical (unpaired) electrons. The minimum Gasteiger partial charge on any atom is -0.393 e. The summed E-state index contributed by atoms with van der Waals surface area (Å²) in [6.07, 6.45) is 9.47. The molecule has 4 nitrogen and oxygen atoms in total. The summed E-state index contributed by atoms with van der Waals surface area (Å²) in [4.78, 5) is 11.0. The zero-order valence-corrected chi connectivity index (χ0v) is 18.0. The molecule has 0 saturated heterocycles. The van der Waals surface area contributed by atoms with Gasteiger partial charge in [0.2, 0.25) is 0 Å². The summed E-state index contributed by atoms with van der Waals surface area (Å²) in [6.45, 7) is 3.48. The minimum absolute atomic E-state index is 0.00932. The molecule has 162 valence electrons. The van der Waals surface area contributed by atoms with Gasteiger partial charge >= 0.3 is 0 Å². The van der Waals surface area contributed by atoms with Crippen molar-refractivity contribution in [3.8, 4) is 0 Å². The SMILES string of the molecule is CC(=O)CCC/C=C\C[C@@H]1[C@@H](CC[C@](C)(O)CCc2ccccc2)[C@H](O)C[C@@H]1O. The maximum absolute atomic E-state index is 11.0. The Balaban J connectivity index is 1.81. The maximum atomic E-state index is 11.0. The molecule has 0 bridgehead atoms. The van der Waals surface area contributed by atoms with Crippen LogP contribution in [0.15, 0.2) is 42.5 Å². The third kappa shape index (κ3) is 8.41. The molecule has 1 aromatic rings. The smallest absolute Gasteiger partial charge is 0.129 e. The second-order valence-corrected chi connectivity index (χ2v) is 9.02. The first-order valence-corrected chi connectivity index (χ1v) is 11.1. The summed E-state index contributed by atoms with van der Waals surface area (Å²) in [5.41, 5.74) is 0.438. The van der Waals surface area contributed by atoms with E-state index >= 15 is 0 Å². The van der Waals surface area contributed by atoms with Gasteiger partial charge in [0.05, 0.1) is 17.8 Å². The Morgan fingerprint density at radius 3 is 2.48 bits per heavy atom. The first-order valence-electron chi connectivity index (χ1n) is 11.1. The molecule has 1 fully saturated rings. The van der Waals surface area contributed by atoms with Gasteiger partial charge in [-0.2, -0.15) is 0 Å². The van der Waals surface area contributed by atoms with Crippen LogP contribution in [0.1, 0.15) is 70.8 Å². The number of aryl methyl sites for hydroxylation is 1. The number of aliphatic hydroxyl groups is 3. The Hall–Kier alpha value is -1.49. The monoisotopic (exact) mass is 402 g/mol. The van der Waals surface area contributed by atoms with E-state index in [0.717, 1.165) is 25.7 Å². The van der Waals surface area contributed by atoms with Crippen molar-refractivity contribution in [3.63, 3.8) is 0 Å². The van der Waals surface area contributed by atoms with Gasteiger partial charge in [0, 0.05) is 6.42 Å². The highest BCUT2D eigenvalue weighted by Crippen LogP contribution is 2.39. The third-order valence-corrected chi connectivity index (χ3v) is 6.31. The molecule has 29 heavy (non-hydrogen) atoms. The van der Waals surface area contributed by atoms with E-state index in [9.17, 15) is 20.1 Å². The van der Waals surface area contributed by atoms with Gasteiger partial charge in [0.25, 0.3) is 0 Å². The zero-order chi connectivity index (χ0) is 21.3.